The van der Waals surface area contributed by atoms with Gasteiger partial charge in [0, 0.05) is 0 Å². The van der Waals surface area contributed by atoms with Crippen LogP contribution < -0.4 is 9.47 Å². The quantitative estimate of drug-likeness (QED) is 0.652. The summed E-state index contributed by atoms with van der Waals surface area (Å²) in [6.07, 6.45) is -2.64. The first-order chi connectivity index (χ1) is 13.7. The second kappa shape index (κ2) is 8.76. The van der Waals surface area contributed by atoms with Gasteiger partial charge in [0.1, 0.15) is 11.5 Å². The first-order valence-corrected chi connectivity index (χ1v) is 9.49. The zero-order chi connectivity index (χ0) is 21.0. The van der Waals surface area contributed by atoms with Gasteiger partial charge in [0.2, 0.25) is 0 Å². The molecule has 0 heterocycles. The number of carboxylic acid groups (broad SMARTS) is 1. The first kappa shape index (κ1) is 21.0. The average molecular weight is 408 g/mol. The molecule has 2 aromatic carbocycles. The maximum Gasteiger partial charge on any atom is 0.416 e. The lowest BCUT2D eigenvalue weighted by atomic mass is 9.83. The predicted octanol–water partition coefficient (Wildman–Crippen LogP) is 5.21. The smallest absolute Gasteiger partial charge is 0.416 e. The van der Waals surface area contributed by atoms with Crippen LogP contribution in [0.25, 0.3) is 0 Å². The molecule has 0 radical (unpaired) electrons. The van der Waals surface area contributed by atoms with Crippen molar-refractivity contribution in [2.75, 3.05) is 6.61 Å². The topological polar surface area (TPSA) is 55.8 Å². The molecule has 4 nitrogen and oxygen atoms in total. The molecule has 0 saturated heterocycles. The number of rotatable bonds is 8. The maximum atomic E-state index is 12.8. The second-order valence-electron chi connectivity index (χ2n) is 7.50. The van der Waals surface area contributed by atoms with E-state index in [1.54, 1.807) is 6.92 Å². The first-order valence-electron chi connectivity index (χ1n) is 9.49. The Balaban J connectivity index is 1.44. The summed E-state index contributed by atoms with van der Waals surface area (Å²) in [5, 5.41) is 9.01. The van der Waals surface area contributed by atoms with Crippen LogP contribution in [0.1, 0.15) is 30.9 Å². The molecule has 3 rings (SSSR count). The van der Waals surface area contributed by atoms with Gasteiger partial charge in [-0.2, -0.15) is 13.2 Å². The Morgan fingerprint density at radius 1 is 1.14 bits per heavy atom. The van der Waals surface area contributed by atoms with E-state index in [4.69, 9.17) is 14.6 Å². The molecule has 0 amide bonds. The fourth-order valence-corrected chi connectivity index (χ4v) is 3.26. The Hall–Kier alpha value is -2.70. The number of ether oxygens (including phenoxy) is 2. The minimum Gasteiger partial charge on any atom is -0.493 e. The van der Waals surface area contributed by atoms with Gasteiger partial charge in [-0.05, 0) is 61.1 Å². The molecule has 156 valence electrons. The molecule has 0 spiro atoms. The van der Waals surface area contributed by atoms with Crippen molar-refractivity contribution >= 4 is 5.97 Å². The molecule has 29 heavy (non-hydrogen) atoms. The van der Waals surface area contributed by atoms with Crippen molar-refractivity contribution in [1.82, 2.24) is 0 Å². The van der Waals surface area contributed by atoms with Crippen molar-refractivity contribution < 1.29 is 32.5 Å². The maximum absolute atomic E-state index is 12.8. The highest BCUT2D eigenvalue weighted by Gasteiger charge is 2.33. The Bertz CT molecular complexity index is 844. The van der Waals surface area contributed by atoms with E-state index in [9.17, 15) is 18.0 Å². The summed E-state index contributed by atoms with van der Waals surface area (Å²) < 4.78 is 49.7. The van der Waals surface area contributed by atoms with Gasteiger partial charge < -0.3 is 14.6 Å². The molecule has 1 atom stereocenters. The molecular weight excluding hydrogens is 385 g/mol. The fourth-order valence-electron chi connectivity index (χ4n) is 3.26. The van der Waals surface area contributed by atoms with E-state index in [1.807, 2.05) is 24.3 Å². The highest BCUT2D eigenvalue weighted by atomic mass is 19.4. The van der Waals surface area contributed by atoms with Crippen molar-refractivity contribution in [3.63, 3.8) is 0 Å². The molecule has 0 aromatic heterocycles. The van der Waals surface area contributed by atoms with E-state index in [0.717, 1.165) is 17.7 Å². The number of carboxylic acids is 1. The van der Waals surface area contributed by atoms with Gasteiger partial charge in [-0.3, -0.25) is 4.79 Å². The van der Waals surface area contributed by atoms with E-state index < -0.39 is 23.6 Å². The average Bonchev–Trinajstić information content (AvgIpc) is 2.63. The van der Waals surface area contributed by atoms with Crippen molar-refractivity contribution in [3.05, 3.63) is 59.7 Å². The highest BCUT2D eigenvalue weighted by molar-refractivity contribution is 5.69. The van der Waals surface area contributed by atoms with Gasteiger partial charge in [0.25, 0.3) is 0 Å². The minimum atomic E-state index is -4.38. The summed E-state index contributed by atoms with van der Waals surface area (Å²) in [7, 11) is 0. The van der Waals surface area contributed by atoms with E-state index in [2.05, 4.69) is 0 Å². The molecule has 0 aliphatic heterocycles. The fraction of sp³-hybridized carbons (Fsp3) is 0.409. The van der Waals surface area contributed by atoms with Crippen LogP contribution >= 0.6 is 0 Å². The van der Waals surface area contributed by atoms with Gasteiger partial charge in [0.15, 0.2) is 0 Å². The van der Waals surface area contributed by atoms with Crippen molar-refractivity contribution in [3.8, 4) is 11.5 Å². The Morgan fingerprint density at radius 3 is 2.52 bits per heavy atom. The third-order valence-electron chi connectivity index (χ3n) is 5.00. The zero-order valence-electron chi connectivity index (χ0n) is 16.0. The number of alkyl halides is 3. The summed E-state index contributed by atoms with van der Waals surface area (Å²) in [6, 6.07) is 12.3. The van der Waals surface area contributed by atoms with Crippen LogP contribution in [0.4, 0.5) is 13.2 Å². The van der Waals surface area contributed by atoms with E-state index in [-0.39, 0.29) is 17.8 Å². The predicted molar refractivity (Wildman–Crippen MR) is 101 cm³/mol. The number of carbonyl (C=O) groups is 1. The molecule has 2 aromatic rings. The van der Waals surface area contributed by atoms with E-state index in [1.165, 1.54) is 12.1 Å². The summed E-state index contributed by atoms with van der Waals surface area (Å²) in [6.45, 7) is 2.15. The number of aliphatic carboxylic acids is 1. The van der Waals surface area contributed by atoms with Crippen molar-refractivity contribution in [2.24, 2.45) is 11.8 Å². The lowest BCUT2D eigenvalue weighted by molar-refractivity contribution is -0.141. The third-order valence-corrected chi connectivity index (χ3v) is 5.00. The minimum absolute atomic E-state index is 0.116. The largest absolute Gasteiger partial charge is 0.493 e. The van der Waals surface area contributed by atoms with Gasteiger partial charge >= 0.3 is 12.1 Å². The lowest BCUT2D eigenvalue weighted by Gasteiger charge is -2.35. The lowest BCUT2D eigenvalue weighted by Crippen LogP contribution is -2.37. The van der Waals surface area contributed by atoms with Crippen molar-refractivity contribution in [1.29, 1.82) is 0 Å². The summed E-state index contributed by atoms with van der Waals surface area (Å²) >= 11 is 0. The Kier molecular flexibility index (Phi) is 6.35. The summed E-state index contributed by atoms with van der Waals surface area (Å²) in [5.41, 5.74) is 0.183. The molecular formula is C22H23F3O4. The molecule has 1 aliphatic rings. The Labute approximate surface area is 167 Å². The molecule has 1 fully saturated rings. The van der Waals surface area contributed by atoms with Crippen LogP contribution in [-0.2, 0) is 17.4 Å². The molecule has 1 saturated carbocycles. The molecule has 1 N–H and O–H groups in total. The summed E-state index contributed by atoms with van der Waals surface area (Å²) in [4.78, 5) is 11.0. The van der Waals surface area contributed by atoms with Crippen LogP contribution in [0, 0.1) is 11.8 Å². The Morgan fingerprint density at radius 2 is 1.83 bits per heavy atom. The van der Waals surface area contributed by atoms with Gasteiger partial charge in [-0.1, -0.05) is 25.1 Å². The standard InChI is InChI=1S/C22H23F3O4/c1-14(21(26)27)8-15-4-2-6-18(9-15)28-13-16-10-20(11-16)29-19-7-3-5-17(12-19)22(23,24)25/h2-7,9,12,14,16,20H,8,10-11,13H2,1H3,(H,26,27). The highest BCUT2D eigenvalue weighted by Crippen LogP contribution is 2.35. The van der Waals surface area contributed by atoms with Crippen LogP contribution in [0.3, 0.4) is 0 Å². The van der Waals surface area contributed by atoms with Gasteiger partial charge in [-0.25, -0.2) is 0 Å². The van der Waals surface area contributed by atoms with Crippen LogP contribution in [0.2, 0.25) is 0 Å². The molecule has 1 aliphatic carbocycles. The second-order valence-corrected chi connectivity index (χ2v) is 7.50. The SMILES string of the molecule is CC(Cc1cccc(OCC2CC(Oc3cccc(C(F)(F)F)c3)C2)c1)C(=O)O. The van der Waals surface area contributed by atoms with Crippen molar-refractivity contribution in [2.45, 2.75) is 38.5 Å². The zero-order valence-corrected chi connectivity index (χ0v) is 16.0. The number of benzene rings is 2. The monoisotopic (exact) mass is 408 g/mol. The van der Waals surface area contributed by atoms with Gasteiger partial charge in [-0.15, -0.1) is 0 Å². The van der Waals surface area contributed by atoms with Gasteiger partial charge in [0.05, 0.1) is 24.2 Å². The van der Waals surface area contributed by atoms with Crippen LogP contribution in [0.15, 0.2) is 48.5 Å². The number of hydrogen-bond donors (Lipinski definition) is 1. The molecule has 7 heteroatoms. The number of hydrogen-bond acceptors (Lipinski definition) is 3. The van der Waals surface area contributed by atoms with E-state index >= 15 is 0 Å². The molecule has 0 bridgehead atoms. The molecule has 1 unspecified atom stereocenters. The summed E-state index contributed by atoms with van der Waals surface area (Å²) in [5.74, 6) is -0.123. The number of halogens is 3. The normalized spacial score (nSPS) is 19.9. The van der Waals surface area contributed by atoms with Crippen LogP contribution in [-0.4, -0.2) is 23.8 Å². The van der Waals surface area contributed by atoms with E-state index in [0.29, 0.717) is 31.6 Å². The van der Waals surface area contributed by atoms with Crippen LogP contribution in [0.5, 0.6) is 11.5 Å². The third kappa shape index (κ3) is 5.89.